The van der Waals surface area contributed by atoms with Gasteiger partial charge in [-0.3, -0.25) is 20.3 Å². The van der Waals surface area contributed by atoms with Crippen LogP contribution in [0.25, 0.3) is 0 Å². The van der Waals surface area contributed by atoms with Crippen LogP contribution in [0.1, 0.15) is 26.7 Å². The van der Waals surface area contributed by atoms with Gasteiger partial charge in [0.05, 0.1) is 0 Å². The first-order valence-electron chi connectivity index (χ1n) is 5.01. The molecule has 1 fully saturated rings. The van der Waals surface area contributed by atoms with Gasteiger partial charge in [0.15, 0.2) is 5.11 Å². The number of nitrogens with two attached hydrogens (primary N) is 1. The summed E-state index contributed by atoms with van der Waals surface area (Å²) in [5.41, 5.74) is 7.33. The molecule has 1 saturated carbocycles. The zero-order chi connectivity index (χ0) is 13.2. The van der Waals surface area contributed by atoms with E-state index in [1.165, 1.54) is 0 Å². The molecule has 0 aromatic heterocycles. The number of hydrogen-bond donors (Lipinski definition) is 2. The zero-order valence-corrected chi connectivity index (χ0v) is 10.4. The van der Waals surface area contributed by atoms with Crippen LogP contribution in [0.3, 0.4) is 0 Å². The van der Waals surface area contributed by atoms with Gasteiger partial charge in [0.25, 0.3) is 0 Å². The van der Waals surface area contributed by atoms with E-state index < -0.39 is 16.7 Å². The molecule has 7 nitrogen and oxygen atoms in total. The normalized spacial score (nSPS) is 25.6. The van der Waals surface area contributed by atoms with E-state index in [0.717, 1.165) is 0 Å². The van der Waals surface area contributed by atoms with Gasteiger partial charge < -0.3 is 5.73 Å². The number of rotatable bonds is 2. The Morgan fingerprint density at radius 3 is 2.71 bits per heavy atom. The van der Waals surface area contributed by atoms with Gasteiger partial charge in [-0.1, -0.05) is 13.8 Å². The van der Waals surface area contributed by atoms with Crippen molar-refractivity contribution in [2.45, 2.75) is 32.7 Å². The largest absolute Gasteiger partial charge is 0.375 e. The number of carbonyl (C=O) groups excluding carboxylic acids is 1. The summed E-state index contributed by atoms with van der Waals surface area (Å²) < 4.78 is 0. The van der Waals surface area contributed by atoms with Gasteiger partial charge >= 0.3 is 6.04 Å². The van der Waals surface area contributed by atoms with Gasteiger partial charge in [0.2, 0.25) is 5.78 Å². The van der Waals surface area contributed by atoms with Crippen molar-refractivity contribution in [2.75, 3.05) is 0 Å². The third-order valence-electron chi connectivity index (χ3n) is 2.45. The van der Waals surface area contributed by atoms with Crippen LogP contribution in [-0.2, 0) is 4.79 Å². The molecule has 0 radical (unpaired) electrons. The highest BCUT2D eigenvalue weighted by atomic mass is 32.1. The summed E-state index contributed by atoms with van der Waals surface area (Å²) >= 11 is 4.56. The number of hydrogen-bond acceptors (Lipinski definition) is 5. The molecule has 0 spiro atoms. The molecule has 0 amide bonds. The third kappa shape index (κ3) is 3.45. The molecule has 0 unspecified atom stereocenters. The molecule has 0 aromatic rings. The molecule has 3 N–H and O–H groups in total. The Hall–Kier alpha value is -1.57. The predicted molar refractivity (Wildman–Crippen MR) is 66.2 cm³/mol. The van der Waals surface area contributed by atoms with Crippen molar-refractivity contribution in [1.82, 2.24) is 5.43 Å². The highest BCUT2D eigenvalue weighted by Gasteiger charge is 2.45. The molecular formula is C9H14N4O3S. The van der Waals surface area contributed by atoms with Gasteiger partial charge in [-0.05, 0) is 17.6 Å². The number of ketones is 1. The van der Waals surface area contributed by atoms with Crippen molar-refractivity contribution in [2.24, 2.45) is 16.3 Å². The smallest absolute Gasteiger partial charge is 0.309 e. The summed E-state index contributed by atoms with van der Waals surface area (Å²) in [6, 6.07) is -1.38. The molecule has 0 bridgehead atoms. The average Bonchev–Trinajstić information content (AvgIpc) is 2.10. The predicted octanol–water partition coefficient (Wildman–Crippen LogP) is 0.210. The topological polar surface area (TPSA) is 111 Å². The van der Waals surface area contributed by atoms with E-state index in [9.17, 15) is 14.9 Å². The fraction of sp³-hybridized carbons (Fsp3) is 0.667. The molecule has 0 aromatic carbocycles. The van der Waals surface area contributed by atoms with E-state index in [1.807, 2.05) is 13.8 Å². The first kappa shape index (κ1) is 13.5. The monoisotopic (exact) mass is 258 g/mol. The van der Waals surface area contributed by atoms with Crippen molar-refractivity contribution in [3.8, 4) is 0 Å². The average molecular weight is 258 g/mol. The zero-order valence-electron chi connectivity index (χ0n) is 9.60. The highest BCUT2D eigenvalue weighted by molar-refractivity contribution is 7.80. The molecule has 17 heavy (non-hydrogen) atoms. The first-order valence-corrected chi connectivity index (χ1v) is 5.42. The lowest BCUT2D eigenvalue weighted by molar-refractivity contribution is -0.490. The molecule has 94 valence electrons. The second-order valence-electron chi connectivity index (χ2n) is 4.75. The van der Waals surface area contributed by atoms with E-state index in [2.05, 4.69) is 22.7 Å². The summed E-state index contributed by atoms with van der Waals surface area (Å²) in [7, 11) is 0. The van der Waals surface area contributed by atoms with Crippen LogP contribution in [0.15, 0.2) is 5.10 Å². The molecule has 0 saturated heterocycles. The van der Waals surface area contributed by atoms with Crippen molar-refractivity contribution in [3.63, 3.8) is 0 Å². The molecule has 8 heteroatoms. The van der Waals surface area contributed by atoms with Gasteiger partial charge in [0, 0.05) is 17.8 Å². The number of nitrogens with one attached hydrogen (secondary N) is 1. The lowest BCUT2D eigenvalue weighted by atomic mass is 9.74. The minimum atomic E-state index is -1.38. The molecule has 1 aliphatic rings. The number of Topliss-reactive ketones (excluding diaryl/α,β-unsaturated/α-hetero) is 1. The van der Waals surface area contributed by atoms with Crippen LogP contribution in [0, 0.1) is 15.5 Å². The molecule has 0 heterocycles. The maximum absolute atomic E-state index is 11.7. The number of carbonyl (C=O) groups is 1. The number of nitrogens with zero attached hydrogens (tertiary/aromatic N) is 2. The van der Waals surface area contributed by atoms with E-state index in [4.69, 9.17) is 5.73 Å². The van der Waals surface area contributed by atoms with E-state index in [1.54, 1.807) is 0 Å². The van der Waals surface area contributed by atoms with Gasteiger partial charge in [0.1, 0.15) is 5.71 Å². The number of hydrazone groups is 1. The molecule has 1 rings (SSSR count). The Morgan fingerprint density at radius 2 is 2.24 bits per heavy atom. The third-order valence-corrected chi connectivity index (χ3v) is 2.54. The van der Waals surface area contributed by atoms with Crippen LogP contribution >= 0.6 is 12.2 Å². The van der Waals surface area contributed by atoms with Gasteiger partial charge in [-0.25, -0.2) is 0 Å². The summed E-state index contributed by atoms with van der Waals surface area (Å²) in [6.07, 6.45) is 0.532. The summed E-state index contributed by atoms with van der Waals surface area (Å²) in [6.45, 7) is 3.72. The SMILES string of the molecule is CC1(C)CC(=O)[C@@H]([N+](=O)[O-])/C(=N/NC(N)=S)C1. The fourth-order valence-electron chi connectivity index (χ4n) is 1.87. The van der Waals surface area contributed by atoms with E-state index >= 15 is 0 Å². The Morgan fingerprint density at radius 1 is 1.65 bits per heavy atom. The van der Waals surface area contributed by atoms with Crippen LogP contribution in [0.4, 0.5) is 0 Å². The van der Waals surface area contributed by atoms with Crippen molar-refractivity contribution in [1.29, 1.82) is 0 Å². The first-order chi connectivity index (χ1) is 7.73. The van der Waals surface area contributed by atoms with Crippen molar-refractivity contribution < 1.29 is 9.72 Å². The molecular weight excluding hydrogens is 244 g/mol. The fourth-order valence-corrected chi connectivity index (χ4v) is 1.92. The Kier molecular flexibility index (Phi) is 3.76. The Bertz CT molecular complexity index is 405. The lowest BCUT2D eigenvalue weighted by Crippen LogP contribution is -2.47. The van der Waals surface area contributed by atoms with Gasteiger partial charge in [-0.2, -0.15) is 5.10 Å². The minimum absolute atomic E-state index is 0.0876. The Labute approximate surface area is 104 Å². The standard InChI is InChI=1S/C9H14N4O3S/c1-9(2)3-5(11-12-8(10)17)7(13(15)16)6(14)4-9/h7H,3-4H2,1-2H3,(H3,10,12,17)/b11-5+/t7-/m0/s1. The van der Waals surface area contributed by atoms with Crippen LogP contribution < -0.4 is 11.2 Å². The molecule has 1 atom stereocenters. The summed E-state index contributed by atoms with van der Waals surface area (Å²) in [4.78, 5) is 21.9. The maximum atomic E-state index is 11.7. The summed E-state index contributed by atoms with van der Waals surface area (Å²) in [5.74, 6) is -0.435. The lowest BCUT2D eigenvalue weighted by Gasteiger charge is -2.30. The van der Waals surface area contributed by atoms with Crippen molar-refractivity contribution >= 4 is 28.8 Å². The maximum Gasteiger partial charge on any atom is 0.309 e. The van der Waals surface area contributed by atoms with Crippen molar-refractivity contribution in [3.05, 3.63) is 10.1 Å². The Balaban J connectivity index is 3.01. The van der Waals surface area contributed by atoms with Gasteiger partial charge in [-0.15, -0.1) is 0 Å². The highest BCUT2D eigenvalue weighted by Crippen LogP contribution is 2.32. The number of thiocarbonyl (C=S) groups is 1. The molecule has 1 aliphatic carbocycles. The van der Waals surface area contributed by atoms with E-state index in [-0.39, 0.29) is 22.7 Å². The van der Waals surface area contributed by atoms with E-state index in [0.29, 0.717) is 6.42 Å². The second-order valence-corrected chi connectivity index (χ2v) is 5.19. The van der Waals surface area contributed by atoms with Crippen LogP contribution in [0.2, 0.25) is 0 Å². The number of nitro groups is 1. The summed E-state index contributed by atoms with van der Waals surface area (Å²) in [5, 5.41) is 14.5. The van der Waals surface area contributed by atoms with Crippen LogP contribution in [0.5, 0.6) is 0 Å². The van der Waals surface area contributed by atoms with Crippen LogP contribution in [-0.4, -0.2) is 27.6 Å². The molecule has 0 aliphatic heterocycles. The minimum Gasteiger partial charge on any atom is -0.375 e. The second kappa shape index (κ2) is 4.74. The quantitative estimate of drug-likeness (QED) is 0.416.